The topological polar surface area (TPSA) is 23.5 Å². The molecule has 0 radical (unpaired) electrons. The summed E-state index contributed by atoms with van der Waals surface area (Å²) in [7, 11) is 0. The fourth-order valence-electron chi connectivity index (χ4n) is 2.07. The van der Waals surface area contributed by atoms with Gasteiger partial charge in [-0.3, -0.25) is 0 Å². The molecule has 0 aliphatic carbocycles. The van der Waals surface area contributed by atoms with E-state index < -0.39 is 0 Å². The van der Waals surface area contributed by atoms with Gasteiger partial charge in [0.25, 0.3) is 0 Å². The molecule has 2 nitrogen and oxygen atoms in total. The highest BCUT2D eigenvalue weighted by molar-refractivity contribution is 5.61. The molecule has 1 unspecified atom stereocenters. The normalized spacial score (nSPS) is 16.9. The van der Waals surface area contributed by atoms with Crippen molar-refractivity contribution in [1.29, 1.82) is 0 Å². The summed E-state index contributed by atoms with van der Waals surface area (Å²) in [6, 6.07) is 6.26. The molecule has 1 N–H and O–H groups in total. The van der Waals surface area contributed by atoms with Gasteiger partial charge in [-0.05, 0) is 31.4 Å². The Morgan fingerprint density at radius 3 is 3.00 bits per heavy atom. The Hall–Kier alpha value is -1.18. The van der Waals surface area contributed by atoms with Crippen LogP contribution in [-0.4, -0.2) is 17.7 Å². The summed E-state index contributed by atoms with van der Waals surface area (Å²) >= 11 is 0. The van der Waals surface area contributed by atoms with Gasteiger partial charge in [0.2, 0.25) is 0 Å². The van der Waals surface area contributed by atoms with Gasteiger partial charge in [0.05, 0.1) is 0 Å². The van der Waals surface area contributed by atoms with Crippen molar-refractivity contribution >= 4 is 5.69 Å². The number of nitrogens with zero attached hydrogens (tertiary/aromatic N) is 1. The lowest BCUT2D eigenvalue weighted by molar-refractivity contribution is 0.475. The van der Waals surface area contributed by atoms with Crippen LogP contribution in [0.3, 0.4) is 0 Å². The molecule has 0 fully saturated rings. The lowest BCUT2D eigenvalue weighted by Gasteiger charge is -2.26. The van der Waals surface area contributed by atoms with Crippen molar-refractivity contribution in [2.75, 3.05) is 11.4 Å². The van der Waals surface area contributed by atoms with Crippen molar-refractivity contribution in [3.8, 4) is 5.75 Å². The second-order valence-electron chi connectivity index (χ2n) is 4.01. The van der Waals surface area contributed by atoms with Crippen molar-refractivity contribution in [2.24, 2.45) is 0 Å². The molecule has 0 amide bonds. The van der Waals surface area contributed by atoms with Crippen molar-refractivity contribution in [3.63, 3.8) is 0 Å². The van der Waals surface area contributed by atoms with Gasteiger partial charge in [-0.15, -0.1) is 0 Å². The Morgan fingerprint density at radius 2 is 2.29 bits per heavy atom. The summed E-state index contributed by atoms with van der Waals surface area (Å²) in [5.74, 6) is 0.374. The highest BCUT2D eigenvalue weighted by Crippen LogP contribution is 2.32. The highest BCUT2D eigenvalue weighted by atomic mass is 16.3. The monoisotopic (exact) mass is 191 g/mol. The maximum atomic E-state index is 9.44. The Kier molecular flexibility index (Phi) is 2.36. The van der Waals surface area contributed by atoms with Crippen LogP contribution in [0.2, 0.25) is 0 Å². The first kappa shape index (κ1) is 9.38. The van der Waals surface area contributed by atoms with Gasteiger partial charge in [0.1, 0.15) is 5.75 Å². The molecule has 1 aromatic rings. The minimum Gasteiger partial charge on any atom is -0.508 e. The van der Waals surface area contributed by atoms with Crippen molar-refractivity contribution in [3.05, 3.63) is 23.8 Å². The van der Waals surface area contributed by atoms with Gasteiger partial charge in [-0.2, -0.15) is 0 Å². The number of phenols is 1. The average Bonchev–Trinajstić information content (AvgIpc) is 2.59. The van der Waals surface area contributed by atoms with Crippen LogP contribution in [-0.2, 0) is 6.42 Å². The Bertz CT molecular complexity index is 335. The van der Waals surface area contributed by atoms with Crippen LogP contribution in [0.25, 0.3) is 0 Å². The summed E-state index contributed by atoms with van der Waals surface area (Å²) < 4.78 is 0. The first-order valence-electron chi connectivity index (χ1n) is 5.31. The molecule has 2 heteroatoms. The lowest BCUT2D eigenvalue weighted by Crippen LogP contribution is -2.30. The molecule has 0 spiro atoms. The molecule has 76 valence electrons. The van der Waals surface area contributed by atoms with E-state index in [9.17, 15) is 5.11 Å². The van der Waals surface area contributed by atoms with Crippen molar-refractivity contribution < 1.29 is 5.11 Å². The third kappa shape index (κ3) is 1.45. The number of hydrogen-bond acceptors (Lipinski definition) is 2. The zero-order chi connectivity index (χ0) is 10.1. The fourth-order valence-corrected chi connectivity index (χ4v) is 2.07. The zero-order valence-corrected chi connectivity index (χ0v) is 8.83. The fraction of sp³-hybridized carbons (Fsp3) is 0.500. The third-order valence-electron chi connectivity index (χ3n) is 3.12. The summed E-state index contributed by atoms with van der Waals surface area (Å²) in [5, 5.41) is 9.44. The van der Waals surface area contributed by atoms with E-state index in [0.717, 1.165) is 19.4 Å². The molecule has 1 aliphatic heterocycles. The van der Waals surface area contributed by atoms with Crippen LogP contribution in [0.1, 0.15) is 25.8 Å². The van der Waals surface area contributed by atoms with E-state index in [1.165, 1.54) is 11.3 Å². The van der Waals surface area contributed by atoms with Crippen LogP contribution >= 0.6 is 0 Å². The first-order valence-corrected chi connectivity index (χ1v) is 5.31. The lowest BCUT2D eigenvalue weighted by atomic mass is 10.1. The maximum absolute atomic E-state index is 9.44. The van der Waals surface area contributed by atoms with Gasteiger partial charge < -0.3 is 10.0 Å². The Balaban J connectivity index is 2.33. The summed E-state index contributed by atoms with van der Waals surface area (Å²) in [5.41, 5.74) is 2.59. The average molecular weight is 191 g/mol. The molecule has 1 atom stereocenters. The smallest absolute Gasteiger partial charge is 0.117 e. The molecule has 14 heavy (non-hydrogen) atoms. The van der Waals surface area contributed by atoms with Crippen LogP contribution in [0.5, 0.6) is 5.75 Å². The van der Waals surface area contributed by atoms with E-state index in [0.29, 0.717) is 11.8 Å². The van der Waals surface area contributed by atoms with E-state index in [2.05, 4.69) is 18.7 Å². The van der Waals surface area contributed by atoms with Gasteiger partial charge in [-0.25, -0.2) is 0 Å². The van der Waals surface area contributed by atoms with Gasteiger partial charge >= 0.3 is 0 Å². The molecule has 0 saturated carbocycles. The van der Waals surface area contributed by atoms with Crippen LogP contribution in [0, 0.1) is 0 Å². The third-order valence-corrected chi connectivity index (χ3v) is 3.12. The molecule has 1 aromatic carbocycles. The second-order valence-corrected chi connectivity index (χ2v) is 4.01. The summed E-state index contributed by atoms with van der Waals surface area (Å²) in [6.07, 6.45) is 2.26. The van der Waals surface area contributed by atoms with Gasteiger partial charge in [0, 0.05) is 24.3 Å². The highest BCUT2D eigenvalue weighted by Gasteiger charge is 2.22. The molecule has 0 bridgehead atoms. The number of hydrogen-bond donors (Lipinski definition) is 1. The molecule has 1 aliphatic rings. The predicted molar refractivity (Wildman–Crippen MR) is 58.9 cm³/mol. The number of aromatic hydroxyl groups is 1. The van der Waals surface area contributed by atoms with E-state index in [1.807, 2.05) is 12.1 Å². The van der Waals surface area contributed by atoms with Crippen molar-refractivity contribution in [1.82, 2.24) is 0 Å². The van der Waals surface area contributed by atoms with Crippen LogP contribution in [0.4, 0.5) is 5.69 Å². The number of phenolic OH excluding ortho intramolecular Hbond substituents is 1. The first-order chi connectivity index (χ1) is 6.72. The number of fused-ring (bicyclic) bond motifs is 1. The summed E-state index contributed by atoms with van der Waals surface area (Å²) in [4.78, 5) is 2.38. The van der Waals surface area contributed by atoms with E-state index in [4.69, 9.17) is 0 Å². The Morgan fingerprint density at radius 1 is 1.50 bits per heavy atom. The van der Waals surface area contributed by atoms with Crippen LogP contribution in [0.15, 0.2) is 18.2 Å². The molecular weight excluding hydrogens is 174 g/mol. The number of rotatable bonds is 2. The number of benzene rings is 1. The second kappa shape index (κ2) is 3.52. The molecule has 2 rings (SSSR count). The van der Waals surface area contributed by atoms with E-state index in [1.54, 1.807) is 6.07 Å². The standard InChI is InChI=1S/C12H17NO/c1-3-9(2)13-7-6-10-4-5-11(14)8-12(10)13/h4-5,8-9,14H,3,6-7H2,1-2H3. The summed E-state index contributed by atoms with van der Waals surface area (Å²) in [6.45, 7) is 5.53. The Labute approximate surface area is 85.2 Å². The van der Waals surface area contributed by atoms with E-state index in [-0.39, 0.29) is 0 Å². The van der Waals surface area contributed by atoms with Gasteiger partial charge in [0.15, 0.2) is 0 Å². The molecule has 0 saturated heterocycles. The molecule has 0 aromatic heterocycles. The predicted octanol–water partition coefficient (Wildman–Crippen LogP) is 2.55. The molecular formula is C12H17NO. The SMILES string of the molecule is CCC(C)N1CCc2ccc(O)cc21. The van der Waals surface area contributed by atoms with Gasteiger partial charge in [-0.1, -0.05) is 13.0 Å². The molecule has 1 heterocycles. The largest absolute Gasteiger partial charge is 0.508 e. The number of anilines is 1. The van der Waals surface area contributed by atoms with Crippen LogP contribution < -0.4 is 4.90 Å². The zero-order valence-electron chi connectivity index (χ0n) is 8.83. The van der Waals surface area contributed by atoms with Crippen molar-refractivity contribution in [2.45, 2.75) is 32.7 Å². The minimum atomic E-state index is 0.374. The van der Waals surface area contributed by atoms with E-state index >= 15 is 0 Å². The quantitative estimate of drug-likeness (QED) is 0.776. The maximum Gasteiger partial charge on any atom is 0.117 e. The minimum absolute atomic E-state index is 0.374.